The number of ketones is 1. The van der Waals surface area contributed by atoms with Crippen molar-refractivity contribution in [3.05, 3.63) is 94.1 Å². The summed E-state index contributed by atoms with van der Waals surface area (Å²) >= 11 is 0. The average Bonchev–Trinajstić information content (AvgIpc) is 3.12. The highest BCUT2D eigenvalue weighted by Gasteiger charge is 2.47. The zero-order valence-electron chi connectivity index (χ0n) is 20.3. The Balaban J connectivity index is 1.98. The highest BCUT2D eigenvalue weighted by atomic mass is 19.2. The Labute approximate surface area is 207 Å². The third-order valence-electron chi connectivity index (χ3n) is 6.21. The Bertz CT molecular complexity index is 1400. The van der Waals surface area contributed by atoms with Crippen LogP contribution in [0.3, 0.4) is 0 Å². The molecule has 1 saturated heterocycles. The SMILES string of the molecule is CCOc1cc(C2/C(=C(\O)c3ccc(C)c(C)c3)C(=O)C(=O)N2c2ccc(F)c(F)c2)ccc1OC. The van der Waals surface area contributed by atoms with E-state index in [0.717, 1.165) is 28.2 Å². The fourth-order valence-electron chi connectivity index (χ4n) is 4.23. The molecule has 1 aliphatic rings. The van der Waals surface area contributed by atoms with Gasteiger partial charge in [-0.15, -0.1) is 0 Å². The first-order chi connectivity index (χ1) is 17.2. The number of aryl methyl sites for hydroxylation is 2. The summed E-state index contributed by atoms with van der Waals surface area (Å²) in [5.74, 6) is -3.78. The maximum atomic E-state index is 14.2. The van der Waals surface area contributed by atoms with Gasteiger partial charge in [0, 0.05) is 17.3 Å². The van der Waals surface area contributed by atoms with Crippen molar-refractivity contribution in [3.8, 4) is 11.5 Å². The lowest BCUT2D eigenvalue weighted by Gasteiger charge is -2.26. The molecule has 0 aliphatic carbocycles. The quantitative estimate of drug-likeness (QED) is 0.274. The number of anilines is 1. The molecule has 3 aromatic rings. The lowest BCUT2D eigenvalue weighted by atomic mass is 9.94. The van der Waals surface area contributed by atoms with Gasteiger partial charge in [0.2, 0.25) is 0 Å². The van der Waals surface area contributed by atoms with Gasteiger partial charge in [0.1, 0.15) is 5.76 Å². The van der Waals surface area contributed by atoms with Gasteiger partial charge in [0.25, 0.3) is 11.7 Å². The number of Topliss-reactive ketones (excluding diaryl/α,β-unsaturated/α-hetero) is 1. The number of rotatable bonds is 6. The van der Waals surface area contributed by atoms with E-state index in [1.54, 1.807) is 43.3 Å². The lowest BCUT2D eigenvalue weighted by molar-refractivity contribution is -0.132. The van der Waals surface area contributed by atoms with Crippen molar-refractivity contribution >= 4 is 23.1 Å². The van der Waals surface area contributed by atoms with E-state index in [4.69, 9.17) is 9.47 Å². The molecule has 8 heteroatoms. The first kappa shape index (κ1) is 24.9. The molecule has 0 saturated carbocycles. The summed E-state index contributed by atoms with van der Waals surface area (Å²) in [7, 11) is 1.48. The second kappa shape index (κ2) is 9.81. The number of nitrogens with zero attached hydrogens (tertiary/aromatic N) is 1. The number of methoxy groups -OCH3 is 1. The van der Waals surface area contributed by atoms with E-state index >= 15 is 0 Å². The van der Waals surface area contributed by atoms with Crippen molar-refractivity contribution < 1.29 is 33.0 Å². The van der Waals surface area contributed by atoms with Gasteiger partial charge in [0.15, 0.2) is 23.1 Å². The molecule has 6 nitrogen and oxygen atoms in total. The number of hydrogen-bond donors (Lipinski definition) is 1. The number of benzene rings is 3. The van der Waals surface area contributed by atoms with Crippen LogP contribution in [0.4, 0.5) is 14.5 Å². The predicted octanol–water partition coefficient (Wildman–Crippen LogP) is 5.62. The lowest BCUT2D eigenvalue weighted by Crippen LogP contribution is -2.29. The number of aliphatic hydroxyl groups excluding tert-OH is 1. The summed E-state index contributed by atoms with van der Waals surface area (Å²) in [4.78, 5) is 27.6. The minimum Gasteiger partial charge on any atom is -0.507 e. The topological polar surface area (TPSA) is 76.1 Å². The zero-order chi connectivity index (χ0) is 26.1. The third kappa shape index (κ3) is 4.30. The molecule has 0 spiro atoms. The molecule has 1 atom stereocenters. The minimum absolute atomic E-state index is 0.0334. The van der Waals surface area contributed by atoms with Crippen LogP contribution in [0.5, 0.6) is 11.5 Å². The summed E-state index contributed by atoms with van der Waals surface area (Å²) < 4.78 is 38.8. The summed E-state index contributed by atoms with van der Waals surface area (Å²) in [5, 5.41) is 11.3. The van der Waals surface area contributed by atoms with Crippen molar-refractivity contribution in [2.75, 3.05) is 18.6 Å². The van der Waals surface area contributed by atoms with Crippen molar-refractivity contribution in [1.29, 1.82) is 0 Å². The van der Waals surface area contributed by atoms with Crippen LogP contribution in [0, 0.1) is 25.5 Å². The number of hydrogen-bond acceptors (Lipinski definition) is 5. The van der Waals surface area contributed by atoms with E-state index < -0.39 is 29.4 Å². The van der Waals surface area contributed by atoms with Gasteiger partial charge in [-0.25, -0.2) is 8.78 Å². The molecule has 1 heterocycles. The Morgan fingerprint density at radius 3 is 2.33 bits per heavy atom. The summed E-state index contributed by atoms with van der Waals surface area (Å²) in [6, 6.07) is 11.8. The van der Waals surface area contributed by atoms with Crippen LogP contribution in [-0.4, -0.2) is 30.5 Å². The molecule has 1 fully saturated rings. The maximum Gasteiger partial charge on any atom is 0.300 e. The molecular weight excluding hydrogens is 468 g/mol. The van der Waals surface area contributed by atoms with Gasteiger partial charge < -0.3 is 14.6 Å². The number of carbonyl (C=O) groups is 2. The first-order valence-electron chi connectivity index (χ1n) is 11.3. The van der Waals surface area contributed by atoms with Crippen molar-refractivity contribution in [1.82, 2.24) is 0 Å². The maximum absolute atomic E-state index is 14.2. The van der Waals surface area contributed by atoms with Crippen LogP contribution >= 0.6 is 0 Å². The predicted molar refractivity (Wildman–Crippen MR) is 131 cm³/mol. The minimum atomic E-state index is -1.17. The first-order valence-corrected chi connectivity index (χ1v) is 11.3. The Hall–Kier alpha value is -4.20. The molecular formula is C28H25F2NO5. The fraction of sp³-hybridized carbons (Fsp3) is 0.214. The second-order valence-electron chi connectivity index (χ2n) is 8.41. The van der Waals surface area contributed by atoms with Crippen LogP contribution < -0.4 is 14.4 Å². The molecule has 4 rings (SSSR count). The summed E-state index contributed by atoms with van der Waals surface area (Å²) in [6.07, 6.45) is 0. The average molecular weight is 494 g/mol. The van der Waals surface area contributed by atoms with Crippen LogP contribution in [-0.2, 0) is 9.59 Å². The Morgan fingerprint density at radius 1 is 0.944 bits per heavy atom. The smallest absolute Gasteiger partial charge is 0.300 e. The molecule has 0 radical (unpaired) electrons. The Morgan fingerprint density at radius 2 is 1.69 bits per heavy atom. The van der Waals surface area contributed by atoms with Crippen LogP contribution in [0.15, 0.2) is 60.2 Å². The monoisotopic (exact) mass is 493 g/mol. The summed E-state index contributed by atoms with van der Waals surface area (Å²) in [5.41, 5.74) is 2.42. The molecule has 36 heavy (non-hydrogen) atoms. The van der Waals surface area contributed by atoms with E-state index in [2.05, 4.69) is 0 Å². The van der Waals surface area contributed by atoms with Crippen LogP contribution in [0.1, 0.15) is 35.2 Å². The summed E-state index contributed by atoms with van der Waals surface area (Å²) in [6.45, 7) is 5.89. The Kier molecular flexibility index (Phi) is 6.79. The molecule has 1 unspecified atom stereocenters. The number of ether oxygens (including phenoxy) is 2. The van der Waals surface area contributed by atoms with Gasteiger partial charge in [0.05, 0.1) is 25.3 Å². The zero-order valence-corrected chi connectivity index (χ0v) is 20.3. The van der Waals surface area contributed by atoms with Gasteiger partial charge in [-0.1, -0.05) is 18.2 Å². The van der Waals surface area contributed by atoms with Crippen molar-refractivity contribution in [2.24, 2.45) is 0 Å². The standard InChI is InChI=1S/C28H25F2NO5/c1-5-36-23-13-17(8-11-22(23)35-4)25-24(26(32)18-7-6-15(2)16(3)12-18)27(33)28(34)31(25)19-9-10-20(29)21(30)14-19/h6-14,25,32H,5H2,1-4H3/b26-24+. The molecule has 1 aliphatic heterocycles. The fourth-order valence-corrected chi connectivity index (χ4v) is 4.23. The second-order valence-corrected chi connectivity index (χ2v) is 8.41. The number of amides is 1. The van der Waals surface area contributed by atoms with E-state index in [0.29, 0.717) is 29.2 Å². The largest absolute Gasteiger partial charge is 0.507 e. The molecule has 0 bridgehead atoms. The van der Waals surface area contributed by atoms with Crippen LogP contribution in [0.2, 0.25) is 0 Å². The number of halogens is 2. The van der Waals surface area contributed by atoms with E-state index in [1.807, 2.05) is 13.8 Å². The van der Waals surface area contributed by atoms with Gasteiger partial charge >= 0.3 is 0 Å². The van der Waals surface area contributed by atoms with Gasteiger partial charge in [-0.05, 0) is 67.8 Å². The molecule has 186 valence electrons. The van der Waals surface area contributed by atoms with E-state index in [1.165, 1.54) is 13.2 Å². The van der Waals surface area contributed by atoms with Crippen molar-refractivity contribution in [2.45, 2.75) is 26.8 Å². The van der Waals surface area contributed by atoms with Crippen molar-refractivity contribution in [3.63, 3.8) is 0 Å². The molecule has 3 aromatic carbocycles. The van der Waals surface area contributed by atoms with Gasteiger partial charge in [-0.2, -0.15) is 0 Å². The van der Waals surface area contributed by atoms with E-state index in [-0.39, 0.29) is 17.0 Å². The highest BCUT2D eigenvalue weighted by molar-refractivity contribution is 6.51. The number of carbonyl (C=O) groups excluding carboxylic acids is 2. The molecule has 1 amide bonds. The van der Waals surface area contributed by atoms with E-state index in [9.17, 15) is 23.5 Å². The normalized spacial score (nSPS) is 16.9. The highest BCUT2D eigenvalue weighted by Crippen LogP contribution is 2.44. The third-order valence-corrected chi connectivity index (χ3v) is 6.21. The molecule has 0 aromatic heterocycles. The number of aliphatic hydroxyl groups is 1. The molecule has 1 N–H and O–H groups in total. The van der Waals surface area contributed by atoms with Gasteiger partial charge in [-0.3, -0.25) is 14.5 Å². The van der Waals surface area contributed by atoms with Crippen LogP contribution in [0.25, 0.3) is 5.76 Å².